The molecular formula is C30H31Cl4N3O4S. The van der Waals surface area contributed by atoms with Gasteiger partial charge >= 0.3 is 0 Å². The normalized spacial score (nSPS) is 14.4. The van der Waals surface area contributed by atoms with Crippen LogP contribution < -0.4 is 9.62 Å². The molecule has 1 atom stereocenters. The number of sulfonamides is 1. The van der Waals surface area contributed by atoms with Gasteiger partial charge in [0.15, 0.2) is 0 Å². The minimum Gasteiger partial charge on any atom is -0.352 e. The molecule has 0 radical (unpaired) electrons. The molecule has 7 nitrogen and oxygen atoms in total. The lowest BCUT2D eigenvalue weighted by molar-refractivity contribution is -0.139. The molecule has 1 aliphatic rings. The monoisotopic (exact) mass is 669 g/mol. The van der Waals surface area contributed by atoms with E-state index in [1.165, 1.54) is 35.2 Å². The molecule has 0 aliphatic heterocycles. The van der Waals surface area contributed by atoms with Crippen LogP contribution >= 0.6 is 46.4 Å². The van der Waals surface area contributed by atoms with E-state index in [0.717, 1.165) is 35.6 Å². The quantitative estimate of drug-likeness (QED) is 0.246. The lowest BCUT2D eigenvalue weighted by Crippen LogP contribution is -2.52. The van der Waals surface area contributed by atoms with Crippen molar-refractivity contribution in [3.8, 4) is 0 Å². The van der Waals surface area contributed by atoms with E-state index in [9.17, 15) is 18.0 Å². The average Bonchev–Trinajstić information content (AvgIpc) is 3.46. The molecule has 4 rings (SSSR count). The van der Waals surface area contributed by atoms with Gasteiger partial charge in [0.25, 0.3) is 10.0 Å². The third-order valence-corrected chi connectivity index (χ3v) is 10.6. The largest absolute Gasteiger partial charge is 0.352 e. The minimum absolute atomic E-state index is 0.00460. The first-order valence-electron chi connectivity index (χ1n) is 13.4. The second-order valence-corrected chi connectivity index (χ2v) is 13.9. The van der Waals surface area contributed by atoms with Gasteiger partial charge < -0.3 is 10.2 Å². The first-order chi connectivity index (χ1) is 19.9. The Morgan fingerprint density at radius 2 is 1.48 bits per heavy atom. The lowest BCUT2D eigenvalue weighted by Gasteiger charge is -2.32. The van der Waals surface area contributed by atoms with Gasteiger partial charge in [-0.2, -0.15) is 0 Å². The Bertz CT molecular complexity index is 1560. The van der Waals surface area contributed by atoms with E-state index in [1.54, 1.807) is 37.3 Å². The minimum atomic E-state index is -4.23. The van der Waals surface area contributed by atoms with Gasteiger partial charge in [-0.25, -0.2) is 8.42 Å². The van der Waals surface area contributed by atoms with Crippen LogP contribution in [0.4, 0.5) is 5.69 Å². The number of hydrogen-bond acceptors (Lipinski definition) is 4. The van der Waals surface area contributed by atoms with Crippen molar-refractivity contribution in [3.05, 3.63) is 91.9 Å². The van der Waals surface area contributed by atoms with Gasteiger partial charge in [0.2, 0.25) is 11.8 Å². The molecule has 0 spiro atoms. The lowest BCUT2D eigenvalue weighted by atomic mass is 10.1. The third kappa shape index (κ3) is 7.71. The highest BCUT2D eigenvalue weighted by atomic mass is 35.5. The van der Waals surface area contributed by atoms with Crippen LogP contribution in [0.1, 0.15) is 43.7 Å². The number of halogens is 4. The van der Waals surface area contributed by atoms with Crippen LogP contribution in [0, 0.1) is 6.92 Å². The number of anilines is 1. The van der Waals surface area contributed by atoms with Crippen molar-refractivity contribution in [1.29, 1.82) is 0 Å². The number of rotatable bonds is 10. The Kier molecular flexibility index (Phi) is 10.7. The number of aryl methyl sites for hydroxylation is 1. The third-order valence-electron chi connectivity index (χ3n) is 7.28. The van der Waals surface area contributed by atoms with Gasteiger partial charge in [0.05, 0.1) is 30.7 Å². The van der Waals surface area contributed by atoms with Crippen molar-refractivity contribution >= 4 is 73.9 Å². The number of nitrogens with zero attached hydrogens (tertiary/aromatic N) is 2. The number of nitrogens with one attached hydrogen (secondary N) is 1. The standard InChI is InChI=1S/C30H31Cl4N3O4S/c1-19-7-11-24(12-8-19)42(40,41)37(23-10-14-26(32)28(34)16-23)18-29(38)36(17-21-9-13-25(31)27(33)15-21)20(2)30(39)35-22-5-3-4-6-22/h7-16,20,22H,3-6,17-18H2,1-2H3,(H,35,39). The molecule has 1 saturated carbocycles. The number of carbonyl (C=O) groups is 2. The summed E-state index contributed by atoms with van der Waals surface area (Å²) in [5.74, 6) is -0.922. The van der Waals surface area contributed by atoms with Gasteiger partial charge in [-0.05, 0) is 74.7 Å². The SMILES string of the molecule is Cc1ccc(S(=O)(=O)N(CC(=O)N(Cc2ccc(Cl)c(Cl)c2)C(C)C(=O)NC2CCCC2)c2ccc(Cl)c(Cl)c2)cc1. The molecular weight excluding hydrogens is 640 g/mol. The summed E-state index contributed by atoms with van der Waals surface area (Å²) < 4.78 is 28.9. The van der Waals surface area contributed by atoms with E-state index < -0.39 is 28.5 Å². The Hall–Kier alpha value is -2.49. The number of carbonyl (C=O) groups excluding carboxylic acids is 2. The van der Waals surface area contributed by atoms with Crippen molar-refractivity contribution < 1.29 is 18.0 Å². The smallest absolute Gasteiger partial charge is 0.264 e. The zero-order valence-electron chi connectivity index (χ0n) is 23.1. The maximum Gasteiger partial charge on any atom is 0.264 e. The molecule has 0 saturated heterocycles. The molecule has 1 unspecified atom stereocenters. The first-order valence-corrected chi connectivity index (χ1v) is 16.4. The molecule has 1 aliphatic carbocycles. The van der Waals surface area contributed by atoms with Crippen LogP contribution in [-0.4, -0.2) is 43.8 Å². The summed E-state index contributed by atoms with van der Waals surface area (Å²) in [6.07, 6.45) is 3.81. The summed E-state index contributed by atoms with van der Waals surface area (Å²) in [7, 11) is -4.23. The van der Waals surface area contributed by atoms with Crippen molar-refractivity contribution in [2.75, 3.05) is 10.8 Å². The van der Waals surface area contributed by atoms with Gasteiger partial charge in [-0.15, -0.1) is 0 Å². The van der Waals surface area contributed by atoms with Crippen LogP contribution in [-0.2, 0) is 26.2 Å². The predicted octanol–water partition coefficient (Wildman–Crippen LogP) is 7.28. The van der Waals surface area contributed by atoms with Gasteiger partial charge in [-0.3, -0.25) is 13.9 Å². The summed E-state index contributed by atoms with van der Waals surface area (Å²) >= 11 is 24.7. The van der Waals surface area contributed by atoms with E-state index in [2.05, 4.69) is 5.32 Å². The van der Waals surface area contributed by atoms with Crippen LogP contribution in [0.2, 0.25) is 20.1 Å². The van der Waals surface area contributed by atoms with Gasteiger partial charge in [-0.1, -0.05) is 83.0 Å². The van der Waals surface area contributed by atoms with Crippen LogP contribution in [0.5, 0.6) is 0 Å². The van der Waals surface area contributed by atoms with Crippen molar-refractivity contribution in [1.82, 2.24) is 10.2 Å². The summed E-state index contributed by atoms with van der Waals surface area (Å²) in [5, 5.41) is 4.04. The second kappa shape index (κ2) is 13.9. The Morgan fingerprint density at radius 3 is 2.07 bits per heavy atom. The molecule has 0 heterocycles. The molecule has 0 aromatic heterocycles. The topological polar surface area (TPSA) is 86.8 Å². The zero-order chi connectivity index (χ0) is 30.6. The summed E-state index contributed by atoms with van der Waals surface area (Å²) in [6, 6.07) is 14.7. The average molecular weight is 671 g/mol. The molecule has 2 amide bonds. The van der Waals surface area contributed by atoms with Crippen LogP contribution in [0.15, 0.2) is 65.6 Å². The predicted molar refractivity (Wildman–Crippen MR) is 169 cm³/mol. The second-order valence-electron chi connectivity index (χ2n) is 10.4. The first kappa shape index (κ1) is 32.4. The Morgan fingerprint density at radius 1 is 0.881 bits per heavy atom. The van der Waals surface area contributed by atoms with E-state index in [1.807, 2.05) is 6.92 Å². The van der Waals surface area contributed by atoms with Crippen molar-refractivity contribution in [2.45, 2.75) is 63.1 Å². The zero-order valence-corrected chi connectivity index (χ0v) is 27.0. The number of amides is 2. The van der Waals surface area contributed by atoms with Gasteiger partial charge in [0, 0.05) is 12.6 Å². The van der Waals surface area contributed by atoms with E-state index in [4.69, 9.17) is 46.4 Å². The highest BCUT2D eigenvalue weighted by molar-refractivity contribution is 7.92. The van der Waals surface area contributed by atoms with Crippen molar-refractivity contribution in [2.24, 2.45) is 0 Å². The summed E-state index contributed by atoms with van der Waals surface area (Å²) in [6.45, 7) is 2.86. The molecule has 12 heteroatoms. The fourth-order valence-electron chi connectivity index (χ4n) is 4.82. The fraction of sp³-hybridized carbons (Fsp3) is 0.333. The highest BCUT2D eigenvalue weighted by Gasteiger charge is 2.33. The van der Waals surface area contributed by atoms with E-state index >= 15 is 0 Å². The maximum atomic E-state index is 14.1. The Balaban J connectivity index is 1.71. The van der Waals surface area contributed by atoms with Crippen LogP contribution in [0.25, 0.3) is 0 Å². The van der Waals surface area contributed by atoms with Crippen molar-refractivity contribution in [3.63, 3.8) is 0 Å². The molecule has 1 fully saturated rings. The molecule has 3 aromatic carbocycles. The number of hydrogen-bond donors (Lipinski definition) is 1. The molecule has 224 valence electrons. The molecule has 0 bridgehead atoms. The summed E-state index contributed by atoms with van der Waals surface area (Å²) in [5.41, 5.74) is 1.65. The Labute approximate surface area is 266 Å². The molecule has 1 N–H and O–H groups in total. The number of benzene rings is 3. The fourth-order valence-corrected chi connectivity index (χ4v) is 6.83. The van der Waals surface area contributed by atoms with Crippen LogP contribution in [0.3, 0.4) is 0 Å². The molecule has 42 heavy (non-hydrogen) atoms. The molecule has 3 aromatic rings. The van der Waals surface area contributed by atoms with E-state index in [-0.39, 0.29) is 39.1 Å². The van der Waals surface area contributed by atoms with Gasteiger partial charge in [0.1, 0.15) is 12.6 Å². The van der Waals surface area contributed by atoms with E-state index in [0.29, 0.717) is 15.6 Å². The summed E-state index contributed by atoms with van der Waals surface area (Å²) in [4.78, 5) is 28.7. The highest BCUT2D eigenvalue weighted by Crippen LogP contribution is 2.31. The maximum absolute atomic E-state index is 14.1.